The van der Waals surface area contributed by atoms with E-state index >= 15 is 0 Å². The van der Waals surface area contributed by atoms with E-state index in [1.807, 2.05) is 55.5 Å². The number of thioether (sulfide) groups is 1. The molecule has 3 rings (SSSR count). The summed E-state index contributed by atoms with van der Waals surface area (Å²) < 4.78 is 0.964. The Kier molecular flexibility index (Phi) is 10.6. The molecule has 4 nitrogen and oxygen atoms in total. The molecule has 178 valence electrons. The first-order chi connectivity index (χ1) is 15.9. The summed E-state index contributed by atoms with van der Waals surface area (Å²) in [6.07, 6.45) is 6.77. The lowest BCUT2D eigenvalue weighted by molar-refractivity contribution is -0.141. The molecule has 2 aromatic carbocycles. The third-order valence-corrected chi connectivity index (χ3v) is 7.82. The Bertz CT molecular complexity index is 919. The summed E-state index contributed by atoms with van der Waals surface area (Å²) in [5.74, 6) is 0.791. The third-order valence-electron chi connectivity index (χ3n) is 5.98. The quantitative estimate of drug-likeness (QED) is 0.260. The SMILES string of the molecule is C[C@@H](C(=O)NC1CCCCC1)N(Cc1cccc(Br)c1)C(=O)CCCSc1ccc(Cl)cc1. The average Bonchev–Trinajstić information content (AvgIpc) is 2.81. The Morgan fingerprint density at radius 1 is 1.15 bits per heavy atom. The first-order valence-corrected chi connectivity index (χ1v) is 13.8. The van der Waals surface area contributed by atoms with Crippen molar-refractivity contribution in [3.63, 3.8) is 0 Å². The Hall–Kier alpha value is -1.50. The van der Waals surface area contributed by atoms with Crippen LogP contribution in [-0.4, -0.2) is 34.6 Å². The second kappa shape index (κ2) is 13.4. The fourth-order valence-electron chi connectivity index (χ4n) is 4.07. The summed E-state index contributed by atoms with van der Waals surface area (Å²) in [6, 6.07) is 15.4. The highest BCUT2D eigenvalue weighted by atomic mass is 79.9. The second-order valence-corrected chi connectivity index (χ2v) is 11.1. The molecule has 1 aliphatic rings. The molecule has 1 N–H and O–H groups in total. The number of amides is 2. The van der Waals surface area contributed by atoms with Crippen LogP contribution in [0.25, 0.3) is 0 Å². The van der Waals surface area contributed by atoms with E-state index in [-0.39, 0.29) is 17.9 Å². The van der Waals surface area contributed by atoms with Crippen molar-refractivity contribution in [2.75, 3.05) is 5.75 Å². The van der Waals surface area contributed by atoms with Gasteiger partial charge in [-0.05, 0) is 73.9 Å². The van der Waals surface area contributed by atoms with Gasteiger partial charge in [-0.2, -0.15) is 0 Å². The molecule has 0 saturated heterocycles. The molecule has 1 saturated carbocycles. The molecule has 0 radical (unpaired) electrons. The molecule has 0 aromatic heterocycles. The number of halogens is 2. The molecule has 0 unspecified atom stereocenters. The largest absolute Gasteiger partial charge is 0.352 e. The molecule has 0 heterocycles. The fourth-order valence-corrected chi connectivity index (χ4v) is 5.50. The monoisotopic (exact) mass is 550 g/mol. The van der Waals surface area contributed by atoms with E-state index in [1.165, 1.54) is 6.42 Å². The third kappa shape index (κ3) is 8.66. The minimum absolute atomic E-state index is 0.0120. The standard InChI is InChI=1S/C26H32BrClN2O2S/c1-19(26(32)29-23-9-3-2-4-10-23)30(18-20-7-5-8-21(27)17-20)25(31)11-6-16-33-24-14-12-22(28)13-15-24/h5,7-8,12-15,17,19,23H,2-4,6,9-11,16,18H2,1H3,(H,29,32)/t19-/m0/s1. The predicted molar refractivity (Wildman–Crippen MR) is 141 cm³/mol. The zero-order chi connectivity index (χ0) is 23.6. The number of benzene rings is 2. The van der Waals surface area contributed by atoms with Crippen LogP contribution in [0.3, 0.4) is 0 Å². The van der Waals surface area contributed by atoms with Crippen molar-refractivity contribution in [3.05, 3.63) is 63.6 Å². The summed E-state index contributed by atoms with van der Waals surface area (Å²) in [6.45, 7) is 2.26. The van der Waals surface area contributed by atoms with E-state index in [0.717, 1.165) is 57.8 Å². The van der Waals surface area contributed by atoms with Crippen molar-refractivity contribution in [1.29, 1.82) is 0 Å². The molecule has 0 spiro atoms. The van der Waals surface area contributed by atoms with Crippen molar-refractivity contribution >= 4 is 51.1 Å². The number of carbonyl (C=O) groups excluding carboxylic acids is 2. The van der Waals surface area contributed by atoms with E-state index in [0.29, 0.717) is 13.0 Å². The minimum atomic E-state index is -0.512. The van der Waals surface area contributed by atoms with Gasteiger partial charge in [0.1, 0.15) is 6.04 Å². The van der Waals surface area contributed by atoms with Crippen LogP contribution >= 0.6 is 39.3 Å². The Balaban J connectivity index is 1.60. The highest BCUT2D eigenvalue weighted by molar-refractivity contribution is 9.10. The summed E-state index contributed by atoms with van der Waals surface area (Å²) in [7, 11) is 0. The molecular formula is C26H32BrClN2O2S. The van der Waals surface area contributed by atoms with Crippen molar-refractivity contribution in [1.82, 2.24) is 10.2 Å². The van der Waals surface area contributed by atoms with E-state index in [2.05, 4.69) is 21.2 Å². The van der Waals surface area contributed by atoms with Gasteiger partial charge in [0.15, 0.2) is 0 Å². The van der Waals surface area contributed by atoms with E-state index in [4.69, 9.17) is 11.6 Å². The van der Waals surface area contributed by atoms with E-state index in [9.17, 15) is 9.59 Å². The number of rotatable bonds is 10. The first kappa shape index (κ1) is 26.1. The summed E-state index contributed by atoms with van der Waals surface area (Å²) >= 11 is 11.2. The normalized spacial score (nSPS) is 15.1. The maximum absolute atomic E-state index is 13.2. The van der Waals surface area contributed by atoms with Gasteiger partial charge >= 0.3 is 0 Å². The van der Waals surface area contributed by atoms with Crippen LogP contribution in [0.15, 0.2) is 57.9 Å². The molecule has 1 aliphatic carbocycles. The zero-order valence-corrected chi connectivity index (χ0v) is 22.2. The number of hydrogen-bond acceptors (Lipinski definition) is 3. The van der Waals surface area contributed by atoms with Crippen LogP contribution in [0.5, 0.6) is 0 Å². The second-order valence-electron chi connectivity index (χ2n) is 8.58. The Morgan fingerprint density at radius 2 is 1.88 bits per heavy atom. The Labute approximate surface area is 215 Å². The molecular weight excluding hydrogens is 520 g/mol. The van der Waals surface area contributed by atoms with Crippen molar-refractivity contribution < 1.29 is 9.59 Å². The van der Waals surface area contributed by atoms with Gasteiger partial charge in [0.05, 0.1) is 0 Å². The highest BCUT2D eigenvalue weighted by Gasteiger charge is 2.27. The molecule has 2 aromatic rings. The molecule has 1 fully saturated rings. The van der Waals surface area contributed by atoms with Gasteiger partial charge in [-0.15, -0.1) is 11.8 Å². The highest BCUT2D eigenvalue weighted by Crippen LogP contribution is 2.23. The van der Waals surface area contributed by atoms with Crippen molar-refractivity contribution in [2.24, 2.45) is 0 Å². The lowest BCUT2D eigenvalue weighted by Gasteiger charge is -2.31. The van der Waals surface area contributed by atoms with Crippen LogP contribution in [0, 0.1) is 0 Å². The predicted octanol–water partition coefficient (Wildman–Crippen LogP) is 6.84. The number of hydrogen-bond donors (Lipinski definition) is 1. The molecule has 33 heavy (non-hydrogen) atoms. The average molecular weight is 552 g/mol. The summed E-state index contributed by atoms with van der Waals surface area (Å²) in [5.41, 5.74) is 1.01. The maximum Gasteiger partial charge on any atom is 0.242 e. The zero-order valence-electron chi connectivity index (χ0n) is 19.1. The molecule has 2 amide bonds. The lowest BCUT2D eigenvalue weighted by atomic mass is 9.95. The van der Waals surface area contributed by atoms with Gasteiger partial charge in [0.25, 0.3) is 0 Å². The Morgan fingerprint density at radius 3 is 2.58 bits per heavy atom. The topological polar surface area (TPSA) is 49.4 Å². The number of nitrogens with zero attached hydrogens (tertiary/aromatic N) is 1. The first-order valence-electron chi connectivity index (χ1n) is 11.6. The van der Waals surface area contributed by atoms with Gasteiger partial charge in [-0.25, -0.2) is 0 Å². The number of carbonyl (C=O) groups is 2. The van der Waals surface area contributed by atoms with Crippen molar-refractivity contribution in [3.8, 4) is 0 Å². The van der Waals surface area contributed by atoms with Crippen LogP contribution in [-0.2, 0) is 16.1 Å². The minimum Gasteiger partial charge on any atom is -0.352 e. The lowest BCUT2D eigenvalue weighted by Crippen LogP contribution is -2.50. The molecule has 0 aliphatic heterocycles. The number of nitrogens with one attached hydrogen (secondary N) is 1. The maximum atomic E-state index is 13.2. The van der Waals surface area contributed by atoms with Gasteiger partial charge in [-0.3, -0.25) is 9.59 Å². The van der Waals surface area contributed by atoms with E-state index in [1.54, 1.807) is 16.7 Å². The van der Waals surface area contributed by atoms with Gasteiger partial charge in [0.2, 0.25) is 11.8 Å². The summed E-state index contributed by atoms with van der Waals surface area (Å²) in [4.78, 5) is 29.1. The molecule has 1 atom stereocenters. The molecule has 7 heteroatoms. The summed E-state index contributed by atoms with van der Waals surface area (Å²) in [5, 5.41) is 3.91. The van der Waals surface area contributed by atoms with Crippen molar-refractivity contribution in [2.45, 2.75) is 75.4 Å². The van der Waals surface area contributed by atoms with Gasteiger partial charge in [0, 0.05) is 33.4 Å². The van der Waals surface area contributed by atoms with E-state index < -0.39 is 6.04 Å². The van der Waals surface area contributed by atoms with Crippen LogP contribution in [0.1, 0.15) is 57.4 Å². The van der Waals surface area contributed by atoms with Crippen LogP contribution in [0.4, 0.5) is 0 Å². The molecule has 0 bridgehead atoms. The van der Waals surface area contributed by atoms with Gasteiger partial charge < -0.3 is 10.2 Å². The van der Waals surface area contributed by atoms with Gasteiger partial charge in [-0.1, -0.05) is 58.9 Å². The van der Waals surface area contributed by atoms with Crippen LogP contribution < -0.4 is 5.32 Å². The smallest absolute Gasteiger partial charge is 0.242 e. The van der Waals surface area contributed by atoms with Crippen LogP contribution in [0.2, 0.25) is 5.02 Å². The fraction of sp³-hybridized carbons (Fsp3) is 0.462.